The van der Waals surface area contributed by atoms with E-state index in [-0.39, 0.29) is 18.3 Å². The van der Waals surface area contributed by atoms with Gasteiger partial charge in [0, 0.05) is 10.6 Å². The third-order valence-electron chi connectivity index (χ3n) is 3.33. The van der Waals surface area contributed by atoms with Crippen LogP contribution in [0.1, 0.15) is 13.8 Å². The number of aliphatic hydroxyl groups is 1. The first-order chi connectivity index (χ1) is 10.6. The van der Waals surface area contributed by atoms with Gasteiger partial charge < -0.3 is 9.84 Å². The van der Waals surface area contributed by atoms with E-state index in [4.69, 9.17) is 4.74 Å². The molecule has 1 amide bonds. The molecule has 1 aromatic heterocycles. The first-order valence-electron chi connectivity index (χ1n) is 6.93. The minimum Gasteiger partial charge on any atom is -0.512 e. The number of ether oxygens (including phenoxy) is 1. The maximum Gasteiger partial charge on any atom is 0.414 e. The molecule has 0 unspecified atom stereocenters. The molecular weight excluding hydrogens is 282 g/mol. The minimum atomic E-state index is -0.586. The zero-order valence-corrected chi connectivity index (χ0v) is 12.3. The molecule has 0 spiro atoms. The van der Waals surface area contributed by atoms with E-state index in [1.807, 2.05) is 18.2 Å². The predicted octanol–water partition coefficient (Wildman–Crippen LogP) is 2.76. The zero-order chi connectivity index (χ0) is 15.7. The van der Waals surface area contributed by atoms with Gasteiger partial charge in [0.05, 0.1) is 23.4 Å². The average Bonchev–Trinajstić information content (AvgIpc) is 2.47. The highest BCUT2D eigenvalue weighted by atomic mass is 16.5. The lowest BCUT2D eigenvalue weighted by atomic mass is 10.1. The van der Waals surface area contributed by atoms with Gasteiger partial charge in [-0.3, -0.25) is 5.32 Å². The maximum absolute atomic E-state index is 11.5. The van der Waals surface area contributed by atoms with Crippen LogP contribution in [0.15, 0.2) is 30.3 Å². The summed E-state index contributed by atoms with van der Waals surface area (Å²) in [6.45, 7) is 3.64. The molecule has 3 aromatic rings. The second-order valence-corrected chi connectivity index (χ2v) is 4.81. The van der Waals surface area contributed by atoms with Crippen molar-refractivity contribution >= 4 is 39.6 Å². The highest BCUT2D eigenvalue weighted by Crippen LogP contribution is 2.23. The van der Waals surface area contributed by atoms with Gasteiger partial charge in [-0.15, -0.1) is 0 Å². The number of aliphatic hydroxyl groups excluding tert-OH is 1. The molecule has 2 aromatic carbocycles. The number of carbonyl (C=O) groups is 1. The van der Waals surface area contributed by atoms with Crippen molar-refractivity contribution in [3.8, 4) is 0 Å². The molecule has 3 rings (SSSR count). The number of amides is 1. The third kappa shape index (κ3) is 2.39. The Bertz CT molecular complexity index is 898. The molecule has 1 heterocycles. The molecule has 0 aliphatic heterocycles. The lowest BCUT2D eigenvalue weighted by Gasteiger charge is -2.09. The predicted molar refractivity (Wildman–Crippen MR) is 84.6 cm³/mol. The zero-order valence-electron chi connectivity index (χ0n) is 12.3. The summed E-state index contributed by atoms with van der Waals surface area (Å²) in [5, 5.41) is 14.8. The molecule has 0 bridgehead atoms. The van der Waals surface area contributed by atoms with Crippen LogP contribution in [0.5, 0.6) is 0 Å². The number of anilines is 1. The van der Waals surface area contributed by atoms with Gasteiger partial charge in [-0.05, 0) is 37.4 Å². The topological polar surface area (TPSA) is 84.3 Å². The molecule has 0 fully saturated rings. The van der Waals surface area contributed by atoms with Crippen molar-refractivity contribution in [1.29, 1.82) is 0 Å². The molecule has 6 nitrogen and oxygen atoms in total. The molecule has 112 valence electrons. The van der Waals surface area contributed by atoms with Gasteiger partial charge >= 0.3 is 6.09 Å². The average molecular weight is 297 g/mol. The number of aromatic nitrogens is 2. The van der Waals surface area contributed by atoms with Crippen molar-refractivity contribution in [3.05, 3.63) is 35.6 Å². The summed E-state index contributed by atoms with van der Waals surface area (Å²) in [5.41, 5.74) is 1.38. The monoisotopic (exact) mass is 297 g/mol. The lowest BCUT2D eigenvalue weighted by molar-refractivity contribution is 0.167. The molecule has 0 radical (unpaired) electrons. The summed E-state index contributed by atoms with van der Waals surface area (Å²) < 4.78 is 4.83. The summed E-state index contributed by atoms with van der Waals surface area (Å²) in [7, 11) is 0. The lowest BCUT2D eigenvalue weighted by Crippen LogP contribution is -2.16. The van der Waals surface area contributed by atoms with Crippen LogP contribution >= 0.6 is 0 Å². The summed E-state index contributed by atoms with van der Waals surface area (Å²) in [5.74, 6) is 0.430. The van der Waals surface area contributed by atoms with Crippen LogP contribution in [-0.2, 0) is 4.74 Å². The van der Waals surface area contributed by atoms with Gasteiger partial charge in [-0.25, -0.2) is 14.8 Å². The van der Waals surface area contributed by atoms with Crippen molar-refractivity contribution < 1.29 is 14.6 Å². The van der Waals surface area contributed by atoms with E-state index in [1.165, 1.54) is 0 Å². The van der Waals surface area contributed by atoms with E-state index in [2.05, 4.69) is 15.3 Å². The van der Waals surface area contributed by atoms with Crippen LogP contribution in [0.25, 0.3) is 27.6 Å². The van der Waals surface area contributed by atoms with E-state index in [1.54, 1.807) is 26.0 Å². The second kappa shape index (κ2) is 5.48. The van der Waals surface area contributed by atoms with Crippen molar-refractivity contribution in [3.63, 3.8) is 0 Å². The summed E-state index contributed by atoms with van der Waals surface area (Å²) in [4.78, 5) is 20.2. The van der Waals surface area contributed by atoms with Crippen LogP contribution < -0.4 is 10.5 Å². The van der Waals surface area contributed by atoms with Crippen molar-refractivity contribution in [2.45, 2.75) is 13.8 Å². The summed E-state index contributed by atoms with van der Waals surface area (Å²) in [6.07, 6.45) is -0.586. The Morgan fingerprint density at radius 1 is 1.23 bits per heavy atom. The number of rotatable bonds is 2. The normalized spacial score (nSPS) is 12.5. The Morgan fingerprint density at radius 2 is 1.95 bits per heavy atom. The molecular formula is C16H15N3O3. The number of hydrogen-bond donors (Lipinski definition) is 2. The highest BCUT2D eigenvalue weighted by Gasteiger charge is 2.11. The van der Waals surface area contributed by atoms with E-state index >= 15 is 0 Å². The van der Waals surface area contributed by atoms with E-state index in [9.17, 15) is 9.90 Å². The molecule has 0 saturated heterocycles. The van der Waals surface area contributed by atoms with Crippen LogP contribution in [0.2, 0.25) is 0 Å². The fourth-order valence-corrected chi connectivity index (χ4v) is 2.44. The quantitative estimate of drug-likeness (QED) is 0.759. The number of nitrogens with zero attached hydrogens (tertiary/aromatic N) is 2. The number of carbonyl (C=O) groups excluding carboxylic acids is 1. The highest BCUT2D eigenvalue weighted by molar-refractivity contribution is 6.08. The molecule has 22 heavy (non-hydrogen) atoms. The number of hydrogen-bond acceptors (Lipinski definition) is 5. The van der Waals surface area contributed by atoms with Crippen LogP contribution in [0, 0.1) is 0 Å². The number of nitrogens with one attached hydrogen (secondary N) is 1. The Kier molecular flexibility index (Phi) is 3.50. The number of benzene rings is 2. The molecule has 0 aliphatic carbocycles. The standard InChI is InChI=1S/C16H15N3O3/c1-3-22-16(21)19-15-17-12-6-4-5-11-10(9(2)20)7-8-13(18-15)14(11)12/h4-8,20H,3H2,1-2H3,(H,17,18,19,21)/b10-9-. The first-order valence-corrected chi connectivity index (χ1v) is 6.93. The Morgan fingerprint density at radius 3 is 2.64 bits per heavy atom. The smallest absolute Gasteiger partial charge is 0.414 e. The van der Waals surface area contributed by atoms with Crippen LogP contribution in [0.3, 0.4) is 0 Å². The fraction of sp³-hybridized carbons (Fsp3) is 0.188. The molecule has 2 N–H and O–H groups in total. The SMILES string of the molecule is CCOC(=O)Nc1nc2cccc3/c(=C(/C)O)ccc(n1)c23. The van der Waals surface area contributed by atoms with Gasteiger partial charge in [0.25, 0.3) is 0 Å². The Balaban J connectivity index is 2.22. The van der Waals surface area contributed by atoms with E-state index in [0.29, 0.717) is 11.0 Å². The maximum atomic E-state index is 11.5. The fourth-order valence-electron chi connectivity index (χ4n) is 2.44. The molecule has 0 aliphatic rings. The van der Waals surface area contributed by atoms with Crippen LogP contribution in [-0.4, -0.2) is 27.8 Å². The third-order valence-corrected chi connectivity index (χ3v) is 3.33. The largest absolute Gasteiger partial charge is 0.512 e. The van der Waals surface area contributed by atoms with Crippen molar-refractivity contribution in [1.82, 2.24) is 9.97 Å². The molecule has 6 heteroatoms. The van der Waals surface area contributed by atoms with Gasteiger partial charge in [-0.1, -0.05) is 12.1 Å². The summed E-state index contributed by atoms with van der Waals surface area (Å²) >= 11 is 0. The van der Waals surface area contributed by atoms with Crippen LogP contribution in [0.4, 0.5) is 10.7 Å². The summed E-state index contributed by atoms with van der Waals surface area (Å²) in [6, 6.07) is 9.19. The minimum absolute atomic E-state index is 0.191. The van der Waals surface area contributed by atoms with E-state index in [0.717, 1.165) is 16.0 Å². The Hall–Kier alpha value is -2.89. The van der Waals surface area contributed by atoms with Gasteiger partial charge in [0.1, 0.15) is 0 Å². The van der Waals surface area contributed by atoms with Gasteiger partial charge in [0.2, 0.25) is 5.95 Å². The van der Waals surface area contributed by atoms with Crippen molar-refractivity contribution in [2.75, 3.05) is 11.9 Å². The first kappa shape index (κ1) is 14.1. The van der Waals surface area contributed by atoms with Gasteiger partial charge in [-0.2, -0.15) is 0 Å². The van der Waals surface area contributed by atoms with E-state index < -0.39 is 6.09 Å². The molecule has 0 saturated carbocycles. The van der Waals surface area contributed by atoms with Gasteiger partial charge in [0.15, 0.2) is 0 Å². The second-order valence-electron chi connectivity index (χ2n) is 4.81. The van der Waals surface area contributed by atoms with Crippen molar-refractivity contribution in [2.24, 2.45) is 0 Å². The molecule has 0 atom stereocenters. The Labute approximate surface area is 126 Å².